The first-order valence-corrected chi connectivity index (χ1v) is 17.0. The van der Waals surface area contributed by atoms with E-state index in [0.29, 0.717) is 119 Å². The number of amides is 2. The second-order valence-electron chi connectivity index (χ2n) is 10.4. The van der Waals surface area contributed by atoms with Crippen LogP contribution in [0, 0.1) is 0 Å². The molecule has 0 spiro atoms. The van der Waals surface area contributed by atoms with E-state index < -0.39 is 0 Å². The zero-order valence-electron chi connectivity index (χ0n) is 28.5. The van der Waals surface area contributed by atoms with Crippen LogP contribution in [0.15, 0.2) is 12.2 Å². The molecule has 0 fully saturated rings. The van der Waals surface area contributed by atoms with Gasteiger partial charge in [0.25, 0.3) is 11.8 Å². The normalized spacial score (nSPS) is 12.9. The molecular weight excluding hydrogens is 618 g/mol. The van der Waals surface area contributed by atoms with Crippen LogP contribution in [-0.4, -0.2) is 155 Å². The largest absolute Gasteiger partial charge is 0.463 e. The van der Waals surface area contributed by atoms with Crippen LogP contribution < -0.4 is 0 Å². The number of rotatable bonds is 37. The average molecular weight is 678 g/mol. The number of hydrogen-bond donors (Lipinski definition) is 0. The van der Waals surface area contributed by atoms with Crippen molar-refractivity contribution in [3.05, 3.63) is 12.2 Å². The van der Waals surface area contributed by atoms with Gasteiger partial charge in [0.15, 0.2) is 0 Å². The summed E-state index contributed by atoms with van der Waals surface area (Å²) in [5, 5.41) is 0. The van der Waals surface area contributed by atoms with E-state index >= 15 is 0 Å². The number of ether oxygens (including phenoxy) is 10. The zero-order valence-corrected chi connectivity index (χ0v) is 28.5. The molecule has 14 nitrogen and oxygen atoms in total. The molecule has 1 aliphatic heterocycles. The predicted molar refractivity (Wildman–Crippen MR) is 172 cm³/mol. The summed E-state index contributed by atoms with van der Waals surface area (Å²) in [6.07, 6.45) is 9.89. The number of imide groups is 1. The van der Waals surface area contributed by atoms with E-state index in [9.17, 15) is 14.4 Å². The molecular formula is C33H59NO13. The van der Waals surface area contributed by atoms with Gasteiger partial charge in [-0.15, -0.1) is 0 Å². The van der Waals surface area contributed by atoms with Crippen LogP contribution in [0.2, 0.25) is 0 Å². The molecule has 0 aromatic heterocycles. The van der Waals surface area contributed by atoms with Crippen molar-refractivity contribution in [2.75, 3.05) is 132 Å². The number of nitrogens with zero attached hydrogens (tertiary/aromatic N) is 1. The molecule has 0 atom stereocenters. The highest BCUT2D eigenvalue weighted by molar-refractivity contribution is 6.12. The number of esters is 1. The van der Waals surface area contributed by atoms with Crippen LogP contribution in [0.25, 0.3) is 0 Å². The van der Waals surface area contributed by atoms with Gasteiger partial charge in [0.2, 0.25) is 0 Å². The highest BCUT2D eigenvalue weighted by Crippen LogP contribution is 2.07. The zero-order chi connectivity index (χ0) is 33.9. The summed E-state index contributed by atoms with van der Waals surface area (Å²) in [7, 11) is 0. The van der Waals surface area contributed by atoms with Gasteiger partial charge in [0.05, 0.1) is 125 Å². The van der Waals surface area contributed by atoms with Gasteiger partial charge >= 0.3 is 5.97 Å². The van der Waals surface area contributed by atoms with Gasteiger partial charge in [-0.25, -0.2) is 0 Å². The van der Waals surface area contributed by atoms with Crippen molar-refractivity contribution in [3.8, 4) is 0 Å². The van der Waals surface area contributed by atoms with Crippen molar-refractivity contribution < 1.29 is 61.8 Å². The van der Waals surface area contributed by atoms with Crippen LogP contribution in [-0.2, 0) is 61.8 Å². The molecule has 0 radical (unpaired) electrons. The number of carbonyl (C=O) groups excluding carboxylic acids is 3. The van der Waals surface area contributed by atoms with Crippen molar-refractivity contribution >= 4 is 17.8 Å². The maximum Gasteiger partial charge on any atom is 0.305 e. The minimum atomic E-state index is -0.308. The highest BCUT2D eigenvalue weighted by atomic mass is 16.6. The maximum atomic E-state index is 11.7. The standard InChI is InChI=1S/C33H59NO13/c1-2-3-4-5-6-7-8-33(37)47-30-29-46-28-27-45-26-25-44-24-23-43-22-21-42-20-19-41-18-17-40-16-15-39-14-13-38-12-11-34-31(35)9-10-32(34)36/h9-10H,2-8,11-30H2,1H3. The quantitative estimate of drug-likeness (QED) is 0.0539. The van der Waals surface area contributed by atoms with Gasteiger partial charge in [0.1, 0.15) is 6.61 Å². The molecule has 0 aliphatic carbocycles. The number of carbonyl (C=O) groups is 3. The summed E-state index contributed by atoms with van der Waals surface area (Å²) in [5.74, 6) is -0.766. The van der Waals surface area contributed by atoms with Gasteiger partial charge in [-0.3, -0.25) is 19.3 Å². The van der Waals surface area contributed by atoms with Gasteiger partial charge in [-0.1, -0.05) is 39.0 Å². The monoisotopic (exact) mass is 677 g/mol. The SMILES string of the molecule is CCCCCCCCC(=O)OCCOCCOCCOCCOCCOCCOCCOCCOCCOCCN1C(=O)C=CC1=O. The van der Waals surface area contributed by atoms with E-state index in [1.54, 1.807) is 0 Å². The molecule has 0 aromatic rings. The lowest BCUT2D eigenvalue weighted by molar-refractivity contribution is -0.145. The Labute approximate surface area is 280 Å². The summed E-state index contributed by atoms with van der Waals surface area (Å²) >= 11 is 0. The minimum Gasteiger partial charge on any atom is -0.463 e. The Morgan fingerprint density at radius 1 is 0.468 bits per heavy atom. The first kappa shape index (κ1) is 43.0. The lowest BCUT2D eigenvalue weighted by atomic mass is 10.1. The van der Waals surface area contributed by atoms with E-state index in [0.717, 1.165) is 17.7 Å². The molecule has 47 heavy (non-hydrogen) atoms. The maximum absolute atomic E-state index is 11.7. The molecule has 0 aromatic carbocycles. The van der Waals surface area contributed by atoms with E-state index in [4.69, 9.17) is 47.4 Å². The van der Waals surface area contributed by atoms with Crippen LogP contribution in [0.4, 0.5) is 0 Å². The topological polar surface area (TPSA) is 147 Å². The number of hydrogen-bond acceptors (Lipinski definition) is 13. The lowest BCUT2D eigenvalue weighted by Crippen LogP contribution is -2.33. The third-order valence-corrected chi connectivity index (χ3v) is 6.56. The fourth-order valence-corrected chi connectivity index (χ4v) is 4.00. The Hall–Kier alpha value is -2.01. The smallest absolute Gasteiger partial charge is 0.305 e. The van der Waals surface area contributed by atoms with Crippen LogP contribution >= 0.6 is 0 Å². The van der Waals surface area contributed by atoms with Gasteiger partial charge in [0, 0.05) is 18.6 Å². The van der Waals surface area contributed by atoms with E-state index in [2.05, 4.69) is 6.92 Å². The Kier molecular flexibility index (Phi) is 31.0. The first-order chi connectivity index (χ1) is 23.1. The van der Waals surface area contributed by atoms with Crippen molar-refractivity contribution in [2.45, 2.75) is 51.9 Å². The molecule has 1 rings (SSSR count). The molecule has 0 unspecified atom stereocenters. The molecule has 14 heteroatoms. The minimum absolute atomic E-state index is 0.150. The summed E-state index contributed by atoms with van der Waals surface area (Å²) in [5.41, 5.74) is 0. The molecule has 1 aliphatic rings. The second kappa shape index (κ2) is 33.9. The van der Waals surface area contributed by atoms with Gasteiger partial charge in [-0.05, 0) is 6.42 Å². The van der Waals surface area contributed by atoms with E-state index in [1.165, 1.54) is 37.8 Å². The lowest BCUT2D eigenvalue weighted by Gasteiger charge is -2.13. The fourth-order valence-electron chi connectivity index (χ4n) is 4.00. The van der Waals surface area contributed by atoms with Crippen molar-refractivity contribution in [2.24, 2.45) is 0 Å². The summed E-state index contributed by atoms with van der Waals surface area (Å²) in [6.45, 7) is 10.7. The third kappa shape index (κ3) is 28.7. The molecule has 0 saturated carbocycles. The summed E-state index contributed by atoms with van der Waals surface area (Å²) in [4.78, 5) is 35.6. The molecule has 0 saturated heterocycles. The Bertz CT molecular complexity index is 766. The molecule has 2 amide bonds. The Morgan fingerprint density at radius 2 is 0.787 bits per heavy atom. The summed E-state index contributed by atoms with van der Waals surface area (Å²) in [6, 6.07) is 0. The highest BCUT2D eigenvalue weighted by Gasteiger charge is 2.22. The molecule has 1 heterocycles. The Balaban J connectivity index is 1.64. The van der Waals surface area contributed by atoms with Crippen molar-refractivity contribution in [1.82, 2.24) is 4.90 Å². The molecule has 0 N–H and O–H groups in total. The average Bonchev–Trinajstić information content (AvgIpc) is 3.39. The van der Waals surface area contributed by atoms with Crippen LogP contribution in [0.5, 0.6) is 0 Å². The Morgan fingerprint density at radius 3 is 1.17 bits per heavy atom. The van der Waals surface area contributed by atoms with Gasteiger partial charge in [-0.2, -0.15) is 0 Å². The third-order valence-electron chi connectivity index (χ3n) is 6.56. The molecule has 0 bridgehead atoms. The first-order valence-electron chi connectivity index (χ1n) is 17.0. The van der Waals surface area contributed by atoms with E-state index in [1.807, 2.05) is 0 Å². The van der Waals surface area contributed by atoms with Crippen LogP contribution in [0.1, 0.15) is 51.9 Å². The van der Waals surface area contributed by atoms with Gasteiger partial charge < -0.3 is 47.4 Å². The molecule has 274 valence electrons. The van der Waals surface area contributed by atoms with Crippen molar-refractivity contribution in [3.63, 3.8) is 0 Å². The predicted octanol–water partition coefficient (Wildman–Crippen LogP) is 2.35. The van der Waals surface area contributed by atoms with Crippen molar-refractivity contribution in [1.29, 1.82) is 0 Å². The number of unbranched alkanes of at least 4 members (excludes halogenated alkanes) is 5. The van der Waals surface area contributed by atoms with E-state index in [-0.39, 0.29) is 37.5 Å². The fraction of sp³-hybridized carbons (Fsp3) is 0.848. The van der Waals surface area contributed by atoms with Crippen LogP contribution in [0.3, 0.4) is 0 Å². The summed E-state index contributed by atoms with van der Waals surface area (Å²) < 4.78 is 54.1. The second-order valence-corrected chi connectivity index (χ2v) is 10.4.